The molecule has 10 nitrogen and oxygen atoms in total. The van der Waals surface area contributed by atoms with Crippen LogP contribution in [-0.4, -0.2) is 65.3 Å². The third kappa shape index (κ3) is 6.04. The molecule has 0 saturated heterocycles. The minimum absolute atomic E-state index is 0.102. The quantitative estimate of drug-likeness (QED) is 0.392. The Morgan fingerprint density at radius 1 is 1.08 bits per heavy atom. The summed E-state index contributed by atoms with van der Waals surface area (Å²) in [5.74, 6) is 1.42. The van der Waals surface area contributed by atoms with Crippen LogP contribution in [0, 0.1) is 0 Å². The molecule has 198 valence electrons. The van der Waals surface area contributed by atoms with E-state index in [4.69, 9.17) is 14.2 Å². The molecule has 1 aliphatic carbocycles. The molecule has 0 atom stereocenters. The van der Waals surface area contributed by atoms with Crippen molar-refractivity contribution in [3.05, 3.63) is 47.5 Å². The summed E-state index contributed by atoms with van der Waals surface area (Å²) in [6.45, 7) is 0.141. The Kier molecular flexibility index (Phi) is 8.32. The molecule has 0 unspecified atom stereocenters. The summed E-state index contributed by atoms with van der Waals surface area (Å²) in [5.41, 5.74) is 1.07. The highest BCUT2D eigenvalue weighted by atomic mass is 32.2. The summed E-state index contributed by atoms with van der Waals surface area (Å²) < 4.78 is 45.6. The fraction of sp³-hybridized carbons (Fsp3) is 0.423. The number of carbonyl (C=O) groups is 1. The lowest BCUT2D eigenvalue weighted by Crippen LogP contribution is -2.38. The van der Waals surface area contributed by atoms with Crippen LogP contribution in [0.5, 0.6) is 17.2 Å². The van der Waals surface area contributed by atoms with Gasteiger partial charge in [0, 0.05) is 23.6 Å². The highest BCUT2D eigenvalue weighted by molar-refractivity contribution is 7.90. The molecule has 11 heteroatoms. The fourth-order valence-corrected chi connectivity index (χ4v) is 5.77. The average Bonchev–Trinajstić information content (AvgIpc) is 3.19. The number of amidine groups is 1. The van der Waals surface area contributed by atoms with E-state index in [-0.39, 0.29) is 35.6 Å². The molecule has 0 bridgehead atoms. The van der Waals surface area contributed by atoms with Crippen molar-refractivity contribution in [2.45, 2.75) is 49.5 Å². The van der Waals surface area contributed by atoms with E-state index >= 15 is 0 Å². The lowest BCUT2D eigenvalue weighted by molar-refractivity contribution is -0.122. The van der Waals surface area contributed by atoms with Gasteiger partial charge < -0.3 is 19.5 Å². The maximum Gasteiger partial charge on any atom is 0.285 e. The Morgan fingerprint density at radius 3 is 2.41 bits per heavy atom. The molecule has 2 aliphatic rings. The number of fused-ring (bicyclic) bond motifs is 1. The monoisotopic (exact) mass is 528 g/mol. The lowest BCUT2D eigenvalue weighted by Gasteiger charge is -2.24. The molecule has 37 heavy (non-hydrogen) atoms. The standard InChI is InChI=1S/C26H32N4O6S/c1-34-21-15-18(16-22(35-2)25(21)36-3)17-27-30(14-13-24(31)28-19-9-5-4-6-10-19)26-20-11-7-8-12-23(20)37(32,33)29-26/h7-8,11-12,15-17,19H,4-6,9-10,13-14H2,1-3H3,(H,28,31)/b27-17+. The first-order chi connectivity index (χ1) is 17.9. The van der Waals surface area contributed by atoms with Gasteiger partial charge in [-0.1, -0.05) is 31.4 Å². The number of carbonyl (C=O) groups excluding carboxylic acids is 1. The number of nitrogens with one attached hydrogen (secondary N) is 1. The summed E-state index contributed by atoms with van der Waals surface area (Å²) in [5, 5.41) is 9.09. The number of sulfonamides is 1. The van der Waals surface area contributed by atoms with E-state index < -0.39 is 10.0 Å². The molecule has 1 N–H and O–H groups in total. The Morgan fingerprint density at radius 2 is 1.76 bits per heavy atom. The van der Waals surface area contributed by atoms with Crippen molar-refractivity contribution in [2.75, 3.05) is 27.9 Å². The molecule has 1 fully saturated rings. The van der Waals surface area contributed by atoms with E-state index in [9.17, 15) is 13.2 Å². The normalized spacial score (nSPS) is 16.7. The molecular weight excluding hydrogens is 496 g/mol. The van der Waals surface area contributed by atoms with Gasteiger partial charge in [0.2, 0.25) is 11.7 Å². The zero-order chi connectivity index (χ0) is 26.4. The second kappa shape index (κ2) is 11.6. The van der Waals surface area contributed by atoms with E-state index in [0.717, 1.165) is 25.7 Å². The number of amides is 1. The van der Waals surface area contributed by atoms with Crippen molar-refractivity contribution in [3.8, 4) is 17.2 Å². The van der Waals surface area contributed by atoms with E-state index in [1.54, 1.807) is 36.5 Å². The van der Waals surface area contributed by atoms with Crippen molar-refractivity contribution >= 4 is 28.0 Å². The van der Waals surface area contributed by atoms with Crippen LogP contribution < -0.4 is 19.5 Å². The second-order valence-corrected chi connectivity index (χ2v) is 10.4. The first-order valence-corrected chi connectivity index (χ1v) is 13.7. The van der Waals surface area contributed by atoms with Crippen LogP contribution in [0.1, 0.15) is 49.7 Å². The molecule has 1 aliphatic heterocycles. The maximum atomic E-state index is 12.7. The Balaban J connectivity index is 1.62. The molecule has 2 aromatic rings. The predicted octanol–water partition coefficient (Wildman–Crippen LogP) is 3.34. The van der Waals surface area contributed by atoms with Crippen molar-refractivity contribution < 1.29 is 27.4 Å². The third-order valence-electron chi connectivity index (χ3n) is 6.41. The van der Waals surface area contributed by atoms with E-state index in [1.165, 1.54) is 38.8 Å². The van der Waals surface area contributed by atoms with Gasteiger partial charge in [0.05, 0.1) is 34.1 Å². The molecule has 4 rings (SSSR count). The van der Waals surface area contributed by atoms with E-state index in [2.05, 4.69) is 14.8 Å². The van der Waals surface area contributed by atoms with Crippen LogP contribution in [0.15, 0.2) is 50.8 Å². The topological polar surface area (TPSA) is 119 Å². The Hall–Kier alpha value is -3.60. The van der Waals surface area contributed by atoms with Gasteiger partial charge in [0.25, 0.3) is 10.0 Å². The van der Waals surface area contributed by atoms with Crippen LogP contribution in [0.3, 0.4) is 0 Å². The minimum Gasteiger partial charge on any atom is -0.493 e. The minimum atomic E-state index is -3.86. The molecule has 0 radical (unpaired) electrons. The van der Waals surface area contributed by atoms with Crippen molar-refractivity contribution in [1.82, 2.24) is 10.3 Å². The number of hydrazone groups is 1. The summed E-state index contributed by atoms with van der Waals surface area (Å²) >= 11 is 0. The summed E-state index contributed by atoms with van der Waals surface area (Å²) in [7, 11) is 0.696. The van der Waals surface area contributed by atoms with Gasteiger partial charge in [-0.05, 0) is 37.1 Å². The molecule has 1 amide bonds. The third-order valence-corrected chi connectivity index (χ3v) is 7.74. The van der Waals surface area contributed by atoms with Crippen molar-refractivity contribution in [1.29, 1.82) is 0 Å². The van der Waals surface area contributed by atoms with Gasteiger partial charge in [-0.25, -0.2) is 5.01 Å². The Bertz CT molecular complexity index is 1280. The number of benzene rings is 2. The van der Waals surface area contributed by atoms with Gasteiger partial charge >= 0.3 is 0 Å². The van der Waals surface area contributed by atoms with E-state index in [1.807, 2.05) is 0 Å². The number of nitrogens with zero attached hydrogens (tertiary/aromatic N) is 3. The largest absolute Gasteiger partial charge is 0.493 e. The van der Waals surface area contributed by atoms with Crippen molar-refractivity contribution in [2.24, 2.45) is 9.50 Å². The number of rotatable bonds is 9. The number of ether oxygens (including phenoxy) is 3. The lowest BCUT2D eigenvalue weighted by atomic mass is 9.95. The average molecular weight is 529 g/mol. The van der Waals surface area contributed by atoms with Crippen LogP contribution in [0.2, 0.25) is 0 Å². The summed E-state index contributed by atoms with van der Waals surface area (Å²) in [4.78, 5) is 12.8. The number of methoxy groups -OCH3 is 3. The van der Waals surface area contributed by atoms with Gasteiger partial charge in [0.15, 0.2) is 17.3 Å². The van der Waals surface area contributed by atoms with E-state index in [0.29, 0.717) is 28.4 Å². The van der Waals surface area contributed by atoms with Crippen LogP contribution >= 0.6 is 0 Å². The smallest absolute Gasteiger partial charge is 0.285 e. The van der Waals surface area contributed by atoms with Gasteiger partial charge in [0.1, 0.15) is 4.90 Å². The van der Waals surface area contributed by atoms with Crippen LogP contribution in [-0.2, 0) is 14.8 Å². The van der Waals surface area contributed by atoms with Gasteiger partial charge in [-0.3, -0.25) is 4.79 Å². The number of hydrogen-bond acceptors (Lipinski definition) is 8. The number of hydrogen-bond donors (Lipinski definition) is 1. The molecule has 0 spiro atoms. The highest BCUT2D eigenvalue weighted by Crippen LogP contribution is 2.38. The summed E-state index contributed by atoms with van der Waals surface area (Å²) in [6.07, 6.45) is 7.05. The van der Waals surface area contributed by atoms with Crippen LogP contribution in [0.4, 0.5) is 0 Å². The van der Waals surface area contributed by atoms with Gasteiger partial charge in [-0.15, -0.1) is 4.40 Å². The molecule has 1 saturated carbocycles. The summed E-state index contributed by atoms with van der Waals surface area (Å²) in [6, 6.07) is 10.2. The molecular formula is C26H32N4O6S. The second-order valence-electron chi connectivity index (χ2n) is 8.86. The SMILES string of the molecule is COc1cc(/C=N/N(CCC(=O)NC2CCCCC2)C2=NS(=O)(=O)c3ccccc32)cc(OC)c1OC. The molecule has 2 aromatic carbocycles. The first kappa shape index (κ1) is 26.5. The van der Waals surface area contributed by atoms with Crippen molar-refractivity contribution in [3.63, 3.8) is 0 Å². The highest BCUT2D eigenvalue weighted by Gasteiger charge is 2.32. The zero-order valence-corrected chi connectivity index (χ0v) is 22.1. The van der Waals surface area contributed by atoms with Gasteiger partial charge in [-0.2, -0.15) is 13.5 Å². The molecule has 1 heterocycles. The predicted molar refractivity (Wildman–Crippen MR) is 140 cm³/mol. The maximum absolute atomic E-state index is 12.7. The zero-order valence-electron chi connectivity index (χ0n) is 21.3. The van der Waals surface area contributed by atoms with Crippen LogP contribution in [0.25, 0.3) is 0 Å². The molecule has 0 aromatic heterocycles. The fourth-order valence-electron chi connectivity index (χ4n) is 4.56. The first-order valence-electron chi connectivity index (χ1n) is 12.2. The Labute approximate surface area is 217 Å².